The van der Waals surface area contributed by atoms with E-state index < -0.39 is 42.4 Å². The Morgan fingerprint density at radius 2 is 2.09 bits per heavy atom. The van der Waals surface area contributed by atoms with Gasteiger partial charge < -0.3 is 36.0 Å². The maximum Gasteiger partial charge on any atom is 0.300 e. The van der Waals surface area contributed by atoms with Gasteiger partial charge in [0.1, 0.15) is 12.2 Å². The van der Waals surface area contributed by atoms with E-state index in [0.717, 1.165) is 0 Å². The first-order chi connectivity index (χ1) is 10.3. The van der Waals surface area contributed by atoms with E-state index >= 15 is 0 Å². The van der Waals surface area contributed by atoms with Gasteiger partial charge in [0.25, 0.3) is 11.5 Å². The summed E-state index contributed by atoms with van der Waals surface area (Å²) in [7, 11) is 0. The van der Waals surface area contributed by atoms with Crippen molar-refractivity contribution in [3.05, 3.63) is 10.4 Å². The van der Waals surface area contributed by atoms with Crippen LogP contribution in [0.25, 0.3) is 11.2 Å². The summed E-state index contributed by atoms with van der Waals surface area (Å²) in [5.74, 6) is -3.02. The predicted octanol–water partition coefficient (Wildman–Crippen LogP) is -3.88. The predicted molar refractivity (Wildman–Crippen MR) is 68.4 cm³/mol. The van der Waals surface area contributed by atoms with E-state index in [4.69, 9.17) is 15.6 Å². The lowest BCUT2D eigenvalue weighted by molar-refractivity contribution is -0.288. The Morgan fingerprint density at radius 1 is 1.41 bits per heavy atom. The van der Waals surface area contributed by atoms with Crippen LogP contribution in [0.15, 0.2) is 4.79 Å². The van der Waals surface area contributed by atoms with Crippen molar-refractivity contribution in [3.63, 3.8) is 0 Å². The van der Waals surface area contributed by atoms with E-state index in [1.807, 2.05) is 0 Å². The average Bonchev–Trinajstić information content (AvgIpc) is 2.89. The molecule has 120 valence electrons. The fourth-order valence-electron chi connectivity index (χ4n) is 2.39. The molecule has 0 amide bonds. The van der Waals surface area contributed by atoms with Gasteiger partial charge in [0.15, 0.2) is 17.3 Å². The second-order valence-electron chi connectivity index (χ2n) is 4.80. The van der Waals surface area contributed by atoms with Crippen LogP contribution in [0.5, 0.6) is 6.01 Å². The maximum absolute atomic E-state index is 11.7. The molecule has 0 saturated carbocycles. The van der Waals surface area contributed by atoms with Gasteiger partial charge in [0, 0.05) is 0 Å². The van der Waals surface area contributed by atoms with Crippen LogP contribution in [0.4, 0.5) is 5.95 Å². The highest BCUT2D eigenvalue weighted by Crippen LogP contribution is 2.37. The van der Waals surface area contributed by atoms with Crippen molar-refractivity contribution in [2.75, 3.05) is 12.3 Å². The molecule has 0 aromatic carbocycles. The number of anilines is 1. The van der Waals surface area contributed by atoms with Crippen LogP contribution >= 0.6 is 0 Å². The number of rotatable bonds is 2. The maximum atomic E-state index is 11.7. The molecule has 0 unspecified atom stereocenters. The molecule has 1 fully saturated rings. The van der Waals surface area contributed by atoms with E-state index in [9.17, 15) is 25.2 Å². The monoisotopic (exact) mass is 315 g/mol. The minimum absolute atomic E-state index is 0.325. The Labute approximate surface area is 121 Å². The summed E-state index contributed by atoms with van der Waals surface area (Å²) >= 11 is 0. The molecule has 0 spiro atoms. The van der Waals surface area contributed by atoms with Crippen molar-refractivity contribution in [1.29, 1.82) is 0 Å². The molecule has 4 atom stereocenters. The Morgan fingerprint density at radius 3 is 2.68 bits per heavy atom. The first kappa shape index (κ1) is 14.7. The van der Waals surface area contributed by atoms with Crippen LogP contribution in [-0.2, 0) is 10.6 Å². The number of aromatic hydroxyl groups is 1. The topological polar surface area (TPSA) is 200 Å². The Bertz CT molecular complexity index is 788. The molecule has 12 heteroatoms. The first-order valence-corrected chi connectivity index (χ1v) is 6.14. The van der Waals surface area contributed by atoms with Crippen molar-refractivity contribution >= 4 is 17.1 Å². The molecule has 1 aliphatic rings. The number of aromatic amines is 1. The minimum Gasteiger partial charge on any atom is -0.480 e. The third-order valence-corrected chi connectivity index (χ3v) is 3.43. The normalized spacial score (nSPS) is 31.9. The second kappa shape index (κ2) is 4.62. The fourth-order valence-corrected chi connectivity index (χ4v) is 2.39. The Kier molecular flexibility index (Phi) is 3.08. The number of imidazole rings is 1. The molecule has 1 aliphatic heterocycles. The fraction of sp³-hybridized carbons (Fsp3) is 0.500. The lowest BCUT2D eigenvalue weighted by Crippen LogP contribution is -2.45. The second-order valence-corrected chi connectivity index (χ2v) is 4.80. The summed E-state index contributed by atoms with van der Waals surface area (Å²) < 4.78 is 5.52. The van der Waals surface area contributed by atoms with Gasteiger partial charge in [-0.05, 0) is 0 Å². The summed E-state index contributed by atoms with van der Waals surface area (Å²) in [6.07, 6.45) is -4.92. The molecule has 3 heterocycles. The van der Waals surface area contributed by atoms with Crippen molar-refractivity contribution < 1.29 is 30.3 Å². The molecule has 2 aromatic rings. The molecule has 22 heavy (non-hydrogen) atoms. The van der Waals surface area contributed by atoms with Crippen LogP contribution < -0.4 is 11.3 Å². The molecule has 12 nitrogen and oxygen atoms in total. The van der Waals surface area contributed by atoms with Crippen LogP contribution in [-0.4, -0.2) is 70.0 Å². The van der Waals surface area contributed by atoms with Crippen LogP contribution in [0.3, 0.4) is 0 Å². The molecule has 0 aliphatic carbocycles. The first-order valence-electron chi connectivity index (χ1n) is 6.14. The Hall–Kier alpha value is -2.25. The lowest BCUT2D eigenvalue weighted by Gasteiger charge is -2.27. The summed E-state index contributed by atoms with van der Waals surface area (Å²) in [4.78, 5) is 21.1. The van der Waals surface area contributed by atoms with Crippen molar-refractivity contribution in [3.8, 4) is 6.01 Å². The average molecular weight is 315 g/mol. The van der Waals surface area contributed by atoms with E-state index in [-0.39, 0.29) is 17.1 Å². The number of nitrogen functional groups attached to an aromatic ring is 1. The molecule has 0 radical (unpaired) electrons. The number of hydrogen-bond donors (Lipinski definition) is 7. The highest BCUT2D eigenvalue weighted by atomic mass is 16.7. The zero-order chi connectivity index (χ0) is 16.2. The number of fused-ring (bicyclic) bond motifs is 1. The zero-order valence-electron chi connectivity index (χ0n) is 10.9. The van der Waals surface area contributed by atoms with Crippen LogP contribution in [0, 0.1) is 0 Å². The number of H-pyrrole nitrogens is 1. The van der Waals surface area contributed by atoms with E-state index in [1.165, 1.54) is 0 Å². The van der Waals surface area contributed by atoms with Gasteiger partial charge in [-0.25, -0.2) is 4.57 Å². The van der Waals surface area contributed by atoms with Crippen LogP contribution in [0.1, 0.15) is 0 Å². The molecular weight excluding hydrogens is 302 g/mol. The van der Waals surface area contributed by atoms with Crippen molar-refractivity contribution in [2.45, 2.75) is 24.2 Å². The van der Waals surface area contributed by atoms with E-state index in [0.29, 0.717) is 4.57 Å². The third-order valence-electron chi connectivity index (χ3n) is 3.43. The van der Waals surface area contributed by atoms with Gasteiger partial charge in [0.2, 0.25) is 5.95 Å². The number of aromatic nitrogens is 4. The van der Waals surface area contributed by atoms with Gasteiger partial charge in [-0.3, -0.25) is 9.78 Å². The molecule has 3 rings (SSSR count). The molecular formula is C10H13N5O7. The van der Waals surface area contributed by atoms with E-state index in [1.54, 1.807) is 0 Å². The molecule has 2 aromatic heterocycles. The molecule has 0 bridgehead atoms. The number of nitrogens with one attached hydrogen (secondary N) is 1. The third kappa shape index (κ3) is 1.79. The number of nitrogens with two attached hydrogens (primary N) is 1. The molecule has 8 N–H and O–H groups in total. The zero-order valence-corrected chi connectivity index (χ0v) is 10.9. The van der Waals surface area contributed by atoms with Crippen LogP contribution in [0.2, 0.25) is 0 Å². The Balaban J connectivity index is 2.26. The lowest BCUT2D eigenvalue weighted by atomic mass is 10.1. The minimum atomic E-state index is -2.70. The van der Waals surface area contributed by atoms with Crippen molar-refractivity contribution in [2.24, 2.45) is 0 Å². The van der Waals surface area contributed by atoms with E-state index in [2.05, 4.69) is 15.0 Å². The van der Waals surface area contributed by atoms with Gasteiger partial charge in [-0.1, -0.05) is 0 Å². The van der Waals surface area contributed by atoms with Gasteiger partial charge in [0.05, 0.1) is 6.61 Å². The number of nitrogens with zero attached hydrogens (tertiary/aromatic N) is 3. The SMILES string of the molecule is Nc1nc2c(nc(O)n2[C@@]2(O)O[C@H](CO)[C@@H](O)[C@H]2O)c(=O)[nH]1. The molecule has 1 saturated heterocycles. The highest BCUT2D eigenvalue weighted by molar-refractivity contribution is 5.72. The summed E-state index contributed by atoms with van der Waals surface area (Å²) in [6.45, 7) is -0.704. The summed E-state index contributed by atoms with van der Waals surface area (Å²) in [6, 6.07) is -0.897. The number of aliphatic hydroxyl groups excluding tert-OH is 3. The quantitative estimate of drug-likeness (QED) is 0.287. The largest absolute Gasteiger partial charge is 0.480 e. The summed E-state index contributed by atoms with van der Waals surface area (Å²) in [5.41, 5.74) is 3.88. The standard InChI is InChI=1S/C10H13N5O7/c11-8-13-6-3(7(19)14-8)12-9(20)15(6)10(21)5(18)4(17)2(1-16)22-10/h2,4-5,16-18,21H,1H2,(H,12,20)(H3,11,13,14,19)/t2-,4-,5-,10+/m1/s1. The van der Waals surface area contributed by atoms with Gasteiger partial charge in [-0.15, -0.1) is 0 Å². The number of hydrogen-bond acceptors (Lipinski definition) is 10. The van der Waals surface area contributed by atoms with Gasteiger partial charge in [-0.2, -0.15) is 9.97 Å². The highest BCUT2D eigenvalue weighted by Gasteiger charge is 2.56. The van der Waals surface area contributed by atoms with Gasteiger partial charge >= 0.3 is 6.01 Å². The summed E-state index contributed by atoms with van der Waals surface area (Å²) in [5, 5.41) is 49.1. The number of aliphatic hydroxyl groups is 4. The smallest absolute Gasteiger partial charge is 0.300 e. The van der Waals surface area contributed by atoms with Crippen molar-refractivity contribution in [1.82, 2.24) is 19.5 Å². The number of ether oxygens (including phenoxy) is 1.